The highest BCUT2D eigenvalue weighted by Gasteiger charge is 2.06. The van der Waals surface area contributed by atoms with Gasteiger partial charge in [0.2, 0.25) is 0 Å². The summed E-state index contributed by atoms with van der Waals surface area (Å²) in [6.45, 7) is 12.6. The highest BCUT2D eigenvalue weighted by molar-refractivity contribution is 5.07. The van der Waals surface area contributed by atoms with Gasteiger partial charge in [-0.15, -0.1) is 0 Å². The smallest absolute Gasteiger partial charge is 0.117 e. The molecule has 0 aromatic carbocycles. The normalized spacial score (nSPS) is 14.7. The van der Waals surface area contributed by atoms with E-state index < -0.39 is 0 Å². The maximum atomic E-state index is 9.82. The van der Waals surface area contributed by atoms with Crippen molar-refractivity contribution in [2.45, 2.75) is 54.4 Å². The van der Waals surface area contributed by atoms with E-state index in [1.165, 1.54) is 0 Å². The first-order valence-corrected chi connectivity index (χ1v) is 7.06. The first-order valence-electron chi connectivity index (χ1n) is 7.06. The predicted molar refractivity (Wildman–Crippen MR) is 80.4 cm³/mol. The summed E-state index contributed by atoms with van der Waals surface area (Å²) in [5, 5.41) is 19.6. The molecular weight excluding hydrogens is 240 g/mol. The number of hydrogen-bond donors (Lipinski definition) is 2. The van der Waals surface area contributed by atoms with E-state index in [2.05, 4.69) is 27.7 Å². The molecule has 0 aromatic rings. The third-order valence-corrected chi connectivity index (χ3v) is 2.89. The standard InChI is InChI=1S/C16H30O3/c1-11(2)7-13(5)15(17)9-19-10-16(18)14(6)8-12(3)4/h11-12,17-18H,7-10H2,1-6H3. The van der Waals surface area contributed by atoms with E-state index in [9.17, 15) is 10.2 Å². The molecule has 0 aliphatic rings. The summed E-state index contributed by atoms with van der Waals surface area (Å²) < 4.78 is 5.35. The highest BCUT2D eigenvalue weighted by atomic mass is 16.5. The molecule has 2 N–H and O–H groups in total. The van der Waals surface area contributed by atoms with E-state index >= 15 is 0 Å². The molecule has 0 spiro atoms. The second-order valence-corrected chi connectivity index (χ2v) is 6.14. The van der Waals surface area contributed by atoms with Gasteiger partial charge >= 0.3 is 0 Å². The maximum absolute atomic E-state index is 9.82. The lowest BCUT2D eigenvalue weighted by molar-refractivity contribution is 0.119. The third kappa shape index (κ3) is 8.71. The lowest BCUT2D eigenvalue weighted by Crippen LogP contribution is -2.06. The van der Waals surface area contributed by atoms with Crippen molar-refractivity contribution in [1.82, 2.24) is 0 Å². The summed E-state index contributed by atoms with van der Waals surface area (Å²) in [6.07, 6.45) is 1.73. The topological polar surface area (TPSA) is 49.7 Å². The first-order chi connectivity index (χ1) is 8.73. The van der Waals surface area contributed by atoms with Crippen LogP contribution in [0.4, 0.5) is 0 Å². The molecule has 0 aliphatic heterocycles. The second-order valence-electron chi connectivity index (χ2n) is 6.14. The summed E-state index contributed by atoms with van der Waals surface area (Å²) in [4.78, 5) is 0. The highest BCUT2D eigenvalue weighted by Crippen LogP contribution is 2.15. The van der Waals surface area contributed by atoms with Gasteiger partial charge in [-0.25, -0.2) is 0 Å². The van der Waals surface area contributed by atoms with Gasteiger partial charge in [0, 0.05) is 0 Å². The lowest BCUT2D eigenvalue weighted by Gasteiger charge is -2.11. The van der Waals surface area contributed by atoms with Crippen LogP contribution in [0.25, 0.3) is 0 Å². The van der Waals surface area contributed by atoms with Crippen molar-refractivity contribution in [1.29, 1.82) is 0 Å². The second kappa shape index (κ2) is 9.03. The van der Waals surface area contributed by atoms with Crippen molar-refractivity contribution >= 4 is 0 Å². The van der Waals surface area contributed by atoms with Crippen LogP contribution in [0.15, 0.2) is 22.7 Å². The van der Waals surface area contributed by atoms with Crippen molar-refractivity contribution in [2.24, 2.45) is 11.8 Å². The zero-order valence-electron chi connectivity index (χ0n) is 13.3. The molecule has 0 radical (unpaired) electrons. The lowest BCUT2D eigenvalue weighted by atomic mass is 10.0. The van der Waals surface area contributed by atoms with Crippen LogP contribution in [0.1, 0.15) is 54.4 Å². The third-order valence-electron chi connectivity index (χ3n) is 2.89. The summed E-state index contributed by atoms with van der Waals surface area (Å²) in [6, 6.07) is 0. The van der Waals surface area contributed by atoms with E-state index in [-0.39, 0.29) is 24.7 Å². The zero-order chi connectivity index (χ0) is 15.0. The molecule has 0 saturated heterocycles. The first kappa shape index (κ1) is 18.0. The van der Waals surface area contributed by atoms with Crippen LogP contribution < -0.4 is 0 Å². The van der Waals surface area contributed by atoms with Crippen LogP contribution in [0, 0.1) is 11.8 Å². The Balaban J connectivity index is 4.22. The fourth-order valence-electron chi connectivity index (χ4n) is 1.95. The molecule has 0 fully saturated rings. The summed E-state index contributed by atoms with van der Waals surface area (Å²) >= 11 is 0. The van der Waals surface area contributed by atoms with E-state index in [1.807, 2.05) is 13.8 Å². The van der Waals surface area contributed by atoms with Gasteiger partial charge in [-0.05, 0) is 49.7 Å². The minimum Gasteiger partial charge on any atom is -0.510 e. The molecule has 0 unspecified atom stereocenters. The molecule has 0 aliphatic carbocycles. The molecule has 0 bridgehead atoms. The van der Waals surface area contributed by atoms with Crippen molar-refractivity contribution in [2.75, 3.05) is 13.2 Å². The van der Waals surface area contributed by atoms with E-state index in [1.54, 1.807) is 0 Å². The predicted octanol–water partition coefficient (Wildman–Crippen LogP) is 4.76. The Hall–Kier alpha value is -0.960. The minimum absolute atomic E-state index is 0.164. The summed E-state index contributed by atoms with van der Waals surface area (Å²) in [5.74, 6) is 1.60. The van der Waals surface area contributed by atoms with Crippen LogP contribution in [-0.2, 0) is 4.74 Å². The molecular formula is C16H30O3. The number of aliphatic hydroxyl groups excluding tert-OH is 2. The van der Waals surface area contributed by atoms with Gasteiger partial charge in [0.15, 0.2) is 0 Å². The van der Waals surface area contributed by atoms with Crippen LogP contribution in [-0.4, -0.2) is 23.4 Å². The number of allylic oxidation sites excluding steroid dienone is 2. The van der Waals surface area contributed by atoms with Crippen molar-refractivity contribution in [3.05, 3.63) is 22.7 Å². The Kier molecular flexibility index (Phi) is 8.57. The van der Waals surface area contributed by atoms with Gasteiger partial charge < -0.3 is 14.9 Å². The number of rotatable bonds is 8. The zero-order valence-corrected chi connectivity index (χ0v) is 13.3. The van der Waals surface area contributed by atoms with Gasteiger partial charge in [-0.3, -0.25) is 0 Å². The number of aliphatic hydroxyl groups is 2. The van der Waals surface area contributed by atoms with Crippen molar-refractivity contribution in [3.63, 3.8) is 0 Å². The van der Waals surface area contributed by atoms with Gasteiger partial charge in [-0.1, -0.05) is 27.7 Å². The van der Waals surface area contributed by atoms with Crippen molar-refractivity contribution < 1.29 is 14.9 Å². The molecule has 112 valence electrons. The molecule has 3 nitrogen and oxygen atoms in total. The fourth-order valence-corrected chi connectivity index (χ4v) is 1.95. The van der Waals surface area contributed by atoms with E-state index in [0.29, 0.717) is 11.8 Å². The fraction of sp³-hybridized carbons (Fsp3) is 0.750. The molecule has 0 rings (SSSR count). The van der Waals surface area contributed by atoms with Crippen molar-refractivity contribution in [3.8, 4) is 0 Å². The molecule has 19 heavy (non-hydrogen) atoms. The SMILES string of the molecule is CC(CC(C)C)=C(O)COCC(O)=C(C)CC(C)C. The molecule has 0 aromatic heterocycles. The van der Waals surface area contributed by atoms with Gasteiger partial charge in [0.25, 0.3) is 0 Å². The Bertz CT molecular complexity index is 293. The Morgan fingerprint density at radius 3 is 1.37 bits per heavy atom. The number of ether oxygens (including phenoxy) is 1. The maximum Gasteiger partial charge on any atom is 0.117 e. The average molecular weight is 270 g/mol. The monoisotopic (exact) mass is 270 g/mol. The molecule has 3 heteroatoms. The average Bonchev–Trinajstić information content (AvgIpc) is 2.26. The van der Waals surface area contributed by atoms with Gasteiger partial charge in [-0.2, -0.15) is 0 Å². The van der Waals surface area contributed by atoms with Gasteiger partial charge in [0.1, 0.15) is 24.7 Å². The Morgan fingerprint density at radius 1 is 0.789 bits per heavy atom. The Labute approximate surface area is 118 Å². The largest absolute Gasteiger partial charge is 0.510 e. The molecule has 0 heterocycles. The van der Waals surface area contributed by atoms with Gasteiger partial charge in [0.05, 0.1) is 0 Å². The quantitative estimate of drug-likeness (QED) is 0.625. The van der Waals surface area contributed by atoms with Crippen LogP contribution in [0.5, 0.6) is 0 Å². The summed E-state index contributed by atoms with van der Waals surface area (Å²) in [5.41, 5.74) is 1.91. The number of hydrogen-bond acceptors (Lipinski definition) is 3. The van der Waals surface area contributed by atoms with Crippen LogP contribution in [0.2, 0.25) is 0 Å². The van der Waals surface area contributed by atoms with Crippen LogP contribution in [0.3, 0.4) is 0 Å². The van der Waals surface area contributed by atoms with E-state index in [4.69, 9.17) is 4.74 Å². The minimum atomic E-state index is 0.164. The summed E-state index contributed by atoms with van der Waals surface area (Å²) in [7, 11) is 0. The molecule has 0 amide bonds. The van der Waals surface area contributed by atoms with E-state index in [0.717, 1.165) is 24.0 Å². The Morgan fingerprint density at radius 2 is 1.11 bits per heavy atom. The van der Waals surface area contributed by atoms with Crippen LogP contribution >= 0.6 is 0 Å². The molecule has 0 saturated carbocycles. The molecule has 0 atom stereocenters.